The van der Waals surface area contributed by atoms with E-state index in [4.69, 9.17) is 17.0 Å². The third-order valence-electron chi connectivity index (χ3n) is 6.24. The summed E-state index contributed by atoms with van der Waals surface area (Å²) in [4.78, 5) is 12.3. The van der Waals surface area contributed by atoms with Crippen molar-refractivity contribution in [3.63, 3.8) is 0 Å². The Labute approximate surface area is 229 Å². The third-order valence-corrected chi connectivity index (χ3v) is 6.44. The molecule has 5 nitrogen and oxygen atoms in total. The number of hydrogen-bond donors (Lipinski definition) is 2. The van der Waals surface area contributed by atoms with Crippen LogP contribution in [0.25, 0.3) is 17.0 Å². The van der Waals surface area contributed by atoms with Crippen LogP contribution in [-0.4, -0.2) is 15.6 Å². The van der Waals surface area contributed by atoms with Crippen LogP contribution in [0.2, 0.25) is 0 Å². The molecule has 1 aliphatic heterocycles. The van der Waals surface area contributed by atoms with Gasteiger partial charge in [0.15, 0.2) is 5.11 Å². The zero-order chi connectivity index (χ0) is 28.7. The zero-order valence-corrected chi connectivity index (χ0v) is 21.2. The minimum atomic E-state index is -5.03. The molecule has 0 radical (unpaired) electrons. The van der Waals surface area contributed by atoms with Crippen LogP contribution in [0.1, 0.15) is 27.9 Å². The van der Waals surface area contributed by atoms with Gasteiger partial charge in [-0.3, -0.25) is 10.1 Å². The van der Waals surface area contributed by atoms with Gasteiger partial charge in [-0.05, 0) is 65.8 Å². The number of alkyl halides is 6. The van der Waals surface area contributed by atoms with Crippen LogP contribution in [0.3, 0.4) is 0 Å². The fourth-order valence-corrected chi connectivity index (χ4v) is 4.55. The standard InChI is InChI=1S/C28H19F6N3O2S/c29-27(30,31)19-7-6-17(22(12-19)28(32,33)34)14-37-20(13-23-25(38)36-26(40)35-23)10-18-11-21(8-9-24(18)37)39-15-16-4-2-1-3-5-16/h1-13H,14-15H2,(H2,35,36,38,40). The number of nitrogens with one attached hydrogen (secondary N) is 2. The van der Waals surface area contributed by atoms with E-state index in [0.29, 0.717) is 28.4 Å². The van der Waals surface area contributed by atoms with Crippen LogP contribution in [0.4, 0.5) is 26.3 Å². The molecule has 12 heteroatoms. The van der Waals surface area contributed by atoms with Crippen molar-refractivity contribution in [3.05, 3.63) is 106 Å². The zero-order valence-electron chi connectivity index (χ0n) is 20.4. The van der Waals surface area contributed by atoms with Crippen molar-refractivity contribution in [1.82, 2.24) is 15.2 Å². The Morgan fingerprint density at radius 3 is 2.27 bits per heavy atom. The highest BCUT2D eigenvalue weighted by Crippen LogP contribution is 2.38. The van der Waals surface area contributed by atoms with Gasteiger partial charge in [0.2, 0.25) is 0 Å². The Morgan fingerprint density at radius 1 is 0.875 bits per heavy atom. The molecule has 1 amide bonds. The summed E-state index contributed by atoms with van der Waals surface area (Å²) in [5.41, 5.74) is -1.37. The molecule has 1 saturated heterocycles. The first kappa shape index (κ1) is 27.3. The molecule has 1 aromatic heterocycles. The smallest absolute Gasteiger partial charge is 0.416 e. The quantitative estimate of drug-likeness (QED) is 0.154. The van der Waals surface area contributed by atoms with E-state index in [9.17, 15) is 31.1 Å². The summed E-state index contributed by atoms with van der Waals surface area (Å²) in [6, 6.07) is 17.6. The average molecular weight is 576 g/mol. The van der Waals surface area contributed by atoms with E-state index in [1.165, 1.54) is 10.6 Å². The lowest BCUT2D eigenvalue weighted by molar-refractivity contribution is -0.143. The number of thiocarbonyl (C=S) groups is 1. The first-order valence-electron chi connectivity index (χ1n) is 11.8. The normalized spacial score (nSPS) is 15.0. The van der Waals surface area contributed by atoms with Crippen LogP contribution in [0.15, 0.2) is 78.5 Å². The van der Waals surface area contributed by atoms with Crippen LogP contribution >= 0.6 is 12.2 Å². The van der Waals surface area contributed by atoms with Crippen LogP contribution < -0.4 is 15.4 Å². The SMILES string of the molecule is O=C1NC(=S)NC1=Cc1cc2cc(OCc3ccccc3)ccc2n1Cc1ccc(C(F)(F)F)cc1C(F)(F)F. The van der Waals surface area contributed by atoms with Crippen molar-refractivity contribution in [3.8, 4) is 5.75 Å². The Morgan fingerprint density at radius 2 is 1.62 bits per heavy atom. The average Bonchev–Trinajstić information content (AvgIpc) is 3.39. The number of aromatic nitrogens is 1. The molecule has 4 aromatic rings. The molecule has 3 aromatic carbocycles. The lowest BCUT2D eigenvalue weighted by Crippen LogP contribution is -2.21. The number of carbonyl (C=O) groups is 1. The third kappa shape index (κ3) is 5.81. The molecule has 0 aliphatic carbocycles. The van der Waals surface area contributed by atoms with Gasteiger partial charge in [0.1, 0.15) is 18.1 Å². The molecule has 0 unspecified atom stereocenters. The highest BCUT2D eigenvalue weighted by atomic mass is 32.1. The Hall–Kier alpha value is -4.32. The molecule has 2 N–H and O–H groups in total. The van der Waals surface area contributed by atoms with Gasteiger partial charge in [-0.25, -0.2) is 0 Å². The van der Waals surface area contributed by atoms with Crippen molar-refractivity contribution >= 4 is 40.2 Å². The number of nitrogens with zero attached hydrogens (tertiary/aromatic N) is 1. The van der Waals surface area contributed by atoms with Crippen LogP contribution in [0, 0.1) is 0 Å². The molecule has 0 saturated carbocycles. The molecule has 0 bridgehead atoms. The molecule has 0 atom stereocenters. The van der Waals surface area contributed by atoms with Gasteiger partial charge in [-0.15, -0.1) is 0 Å². The van der Waals surface area contributed by atoms with E-state index >= 15 is 0 Å². The minimum Gasteiger partial charge on any atom is -0.489 e. The van der Waals surface area contributed by atoms with Gasteiger partial charge < -0.3 is 14.6 Å². The highest BCUT2D eigenvalue weighted by molar-refractivity contribution is 7.80. The summed E-state index contributed by atoms with van der Waals surface area (Å²) in [6.45, 7) is -0.141. The molecular formula is C28H19F6N3O2S. The maximum atomic E-state index is 13.9. The summed E-state index contributed by atoms with van der Waals surface area (Å²) < 4.78 is 88.6. The summed E-state index contributed by atoms with van der Waals surface area (Å²) in [7, 11) is 0. The molecule has 2 heterocycles. The molecule has 5 rings (SSSR count). The lowest BCUT2D eigenvalue weighted by atomic mass is 10.0. The molecule has 206 valence electrons. The summed E-state index contributed by atoms with van der Waals surface area (Å²) >= 11 is 4.95. The molecule has 1 fully saturated rings. The van der Waals surface area contributed by atoms with Crippen molar-refractivity contribution in [2.45, 2.75) is 25.5 Å². The van der Waals surface area contributed by atoms with E-state index in [0.717, 1.165) is 11.6 Å². The maximum absolute atomic E-state index is 13.9. The predicted octanol–water partition coefficient (Wildman–Crippen LogP) is 6.65. The van der Waals surface area contributed by atoms with E-state index in [1.54, 1.807) is 24.3 Å². The van der Waals surface area contributed by atoms with Gasteiger partial charge in [0.25, 0.3) is 5.91 Å². The topological polar surface area (TPSA) is 55.3 Å². The number of benzene rings is 3. The van der Waals surface area contributed by atoms with E-state index in [2.05, 4.69) is 10.6 Å². The van der Waals surface area contributed by atoms with Crippen LogP contribution in [0.5, 0.6) is 5.75 Å². The fraction of sp³-hybridized carbons (Fsp3) is 0.143. The molecule has 40 heavy (non-hydrogen) atoms. The van der Waals surface area contributed by atoms with Gasteiger partial charge in [-0.1, -0.05) is 36.4 Å². The number of rotatable bonds is 6. The van der Waals surface area contributed by atoms with E-state index in [1.807, 2.05) is 30.3 Å². The van der Waals surface area contributed by atoms with E-state index < -0.39 is 35.9 Å². The summed E-state index contributed by atoms with van der Waals surface area (Å²) in [5.74, 6) is -0.0321. The number of halogens is 6. The monoisotopic (exact) mass is 575 g/mol. The van der Waals surface area contributed by atoms with Gasteiger partial charge in [-0.2, -0.15) is 26.3 Å². The maximum Gasteiger partial charge on any atom is 0.416 e. The first-order valence-corrected chi connectivity index (χ1v) is 12.2. The van der Waals surface area contributed by atoms with E-state index in [-0.39, 0.29) is 29.0 Å². The van der Waals surface area contributed by atoms with Crippen molar-refractivity contribution < 1.29 is 35.9 Å². The first-order chi connectivity index (χ1) is 18.9. The summed E-state index contributed by atoms with van der Waals surface area (Å²) in [6.07, 6.45) is -8.56. The van der Waals surface area contributed by atoms with Gasteiger partial charge >= 0.3 is 12.4 Å². The van der Waals surface area contributed by atoms with Crippen molar-refractivity contribution in [2.75, 3.05) is 0 Å². The van der Waals surface area contributed by atoms with Gasteiger partial charge in [0.05, 0.1) is 11.1 Å². The fourth-order valence-electron chi connectivity index (χ4n) is 4.35. The lowest BCUT2D eigenvalue weighted by Gasteiger charge is -2.18. The predicted molar refractivity (Wildman–Crippen MR) is 140 cm³/mol. The number of fused-ring (bicyclic) bond motifs is 1. The Balaban J connectivity index is 1.58. The van der Waals surface area contributed by atoms with Crippen LogP contribution in [-0.2, 0) is 30.3 Å². The second-order valence-electron chi connectivity index (χ2n) is 8.98. The number of hydrogen-bond acceptors (Lipinski definition) is 3. The second-order valence-corrected chi connectivity index (χ2v) is 9.39. The van der Waals surface area contributed by atoms with Crippen molar-refractivity contribution in [2.24, 2.45) is 0 Å². The highest BCUT2D eigenvalue weighted by Gasteiger charge is 2.38. The number of carbonyl (C=O) groups excluding carboxylic acids is 1. The van der Waals surface area contributed by atoms with Gasteiger partial charge in [0, 0.05) is 23.1 Å². The molecule has 0 spiro atoms. The minimum absolute atomic E-state index is 0.0672. The Bertz CT molecular complexity index is 1640. The number of amides is 1. The largest absolute Gasteiger partial charge is 0.489 e. The number of ether oxygens (including phenoxy) is 1. The second kappa shape index (κ2) is 10.3. The summed E-state index contributed by atoms with van der Waals surface area (Å²) in [5, 5.41) is 5.74. The Kier molecular flexibility index (Phi) is 7.05. The van der Waals surface area contributed by atoms with Crippen molar-refractivity contribution in [1.29, 1.82) is 0 Å². The molecule has 1 aliphatic rings. The molecular weight excluding hydrogens is 556 g/mol.